The molecule has 2 heteroatoms. The fourth-order valence-corrected chi connectivity index (χ4v) is 2.65. The van der Waals surface area contributed by atoms with Crippen LogP contribution in [0, 0.1) is 0 Å². The molecule has 0 atom stereocenters. The maximum atomic E-state index is 12.3. The van der Waals surface area contributed by atoms with Gasteiger partial charge in [0.25, 0.3) is 0 Å². The van der Waals surface area contributed by atoms with Gasteiger partial charge in [-0.15, -0.1) is 0 Å². The van der Waals surface area contributed by atoms with Crippen molar-refractivity contribution in [2.75, 3.05) is 13.1 Å². The van der Waals surface area contributed by atoms with E-state index in [-0.39, 0.29) is 0 Å². The van der Waals surface area contributed by atoms with Gasteiger partial charge in [0.05, 0.1) is 0 Å². The predicted octanol–water partition coefficient (Wildman–Crippen LogP) is 5.95. The van der Waals surface area contributed by atoms with Gasteiger partial charge in [-0.25, -0.2) is 0 Å². The molecule has 2 nitrogen and oxygen atoms in total. The largest absolute Gasteiger partial charge is 0.343 e. The number of nitrogens with zero attached hydrogens (tertiary/aromatic N) is 1. The highest BCUT2D eigenvalue weighted by atomic mass is 16.2. The zero-order valence-electron chi connectivity index (χ0n) is 15.0. The van der Waals surface area contributed by atoms with Crippen molar-refractivity contribution in [1.29, 1.82) is 0 Å². The SMILES string of the molecule is CCCCCCCC(=O)N(CCCC)CCCCCCC. The van der Waals surface area contributed by atoms with Crippen LogP contribution in [0.3, 0.4) is 0 Å². The first-order valence-electron chi connectivity index (χ1n) is 9.54. The van der Waals surface area contributed by atoms with Crippen molar-refractivity contribution in [3.63, 3.8) is 0 Å². The summed E-state index contributed by atoms with van der Waals surface area (Å²) in [4.78, 5) is 14.5. The summed E-state index contributed by atoms with van der Waals surface area (Å²) in [5, 5.41) is 0. The quantitative estimate of drug-likeness (QED) is 0.342. The Bertz CT molecular complexity index is 228. The number of hydrogen-bond acceptors (Lipinski definition) is 1. The molecule has 0 spiro atoms. The Morgan fingerprint density at radius 2 is 1.10 bits per heavy atom. The van der Waals surface area contributed by atoms with E-state index < -0.39 is 0 Å². The van der Waals surface area contributed by atoms with E-state index in [0.29, 0.717) is 5.91 Å². The Morgan fingerprint density at radius 3 is 1.67 bits per heavy atom. The second kappa shape index (κ2) is 15.9. The summed E-state index contributed by atoms with van der Waals surface area (Å²) in [6, 6.07) is 0. The second-order valence-corrected chi connectivity index (χ2v) is 6.31. The van der Waals surface area contributed by atoms with Crippen LogP contribution in [-0.2, 0) is 4.79 Å². The molecule has 0 N–H and O–H groups in total. The van der Waals surface area contributed by atoms with Crippen molar-refractivity contribution in [3.8, 4) is 0 Å². The number of hydrogen-bond donors (Lipinski definition) is 0. The van der Waals surface area contributed by atoms with E-state index in [1.807, 2.05) is 0 Å². The Labute approximate surface area is 133 Å². The first kappa shape index (κ1) is 20.5. The van der Waals surface area contributed by atoms with Crippen LogP contribution in [0.1, 0.15) is 104 Å². The molecular formula is C19H39NO. The average Bonchev–Trinajstić information content (AvgIpc) is 2.49. The van der Waals surface area contributed by atoms with Gasteiger partial charge >= 0.3 is 0 Å². The standard InChI is InChI=1S/C19H39NO/c1-4-7-10-12-14-16-19(21)20(17-9-6-3)18-15-13-11-8-5-2/h4-18H2,1-3H3. The third-order valence-corrected chi connectivity index (χ3v) is 4.16. The van der Waals surface area contributed by atoms with Crippen LogP contribution in [0.4, 0.5) is 0 Å². The Balaban J connectivity index is 3.87. The molecule has 0 unspecified atom stereocenters. The number of unbranched alkanes of at least 4 members (excludes halogenated alkanes) is 9. The first-order valence-corrected chi connectivity index (χ1v) is 9.54. The van der Waals surface area contributed by atoms with Crippen molar-refractivity contribution in [3.05, 3.63) is 0 Å². The molecule has 1 amide bonds. The van der Waals surface area contributed by atoms with Crippen molar-refractivity contribution in [1.82, 2.24) is 4.90 Å². The van der Waals surface area contributed by atoms with Crippen molar-refractivity contribution >= 4 is 5.91 Å². The molecule has 0 fully saturated rings. The zero-order chi connectivity index (χ0) is 15.8. The molecule has 0 bridgehead atoms. The lowest BCUT2D eigenvalue weighted by Crippen LogP contribution is -2.32. The molecule has 126 valence electrons. The normalized spacial score (nSPS) is 10.8. The third-order valence-electron chi connectivity index (χ3n) is 4.16. The molecule has 0 saturated carbocycles. The highest BCUT2D eigenvalue weighted by Gasteiger charge is 2.11. The van der Waals surface area contributed by atoms with Gasteiger partial charge in [0, 0.05) is 19.5 Å². The zero-order valence-corrected chi connectivity index (χ0v) is 15.0. The molecule has 0 aliphatic heterocycles. The highest BCUT2D eigenvalue weighted by Crippen LogP contribution is 2.10. The van der Waals surface area contributed by atoms with Gasteiger partial charge in [-0.1, -0.05) is 78.6 Å². The van der Waals surface area contributed by atoms with Crippen LogP contribution >= 0.6 is 0 Å². The molecule has 21 heavy (non-hydrogen) atoms. The monoisotopic (exact) mass is 297 g/mol. The van der Waals surface area contributed by atoms with E-state index in [9.17, 15) is 4.79 Å². The molecular weight excluding hydrogens is 258 g/mol. The third kappa shape index (κ3) is 12.9. The smallest absolute Gasteiger partial charge is 0.222 e. The molecule has 0 heterocycles. The van der Waals surface area contributed by atoms with Crippen molar-refractivity contribution in [2.24, 2.45) is 0 Å². The van der Waals surface area contributed by atoms with Gasteiger partial charge in [0.15, 0.2) is 0 Å². The molecule has 0 aliphatic carbocycles. The van der Waals surface area contributed by atoms with Gasteiger partial charge < -0.3 is 4.90 Å². The summed E-state index contributed by atoms with van der Waals surface area (Å²) < 4.78 is 0. The van der Waals surface area contributed by atoms with Gasteiger partial charge in [-0.3, -0.25) is 4.79 Å². The van der Waals surface area contributed by atoms with Crippen LogP contribution in [0.5, 0.6) is 0 Å². The van der Waals surface area contributed by atoms with Crippen molar-refractivity contribution in [2.45, 2.75) is 104 Å². The lowest BCUT2D eigenvalue weighted by molar-refractivity contribution is -0.131. The minimum atomic E-state index is 0.399. The van der Waals surface area contributed by atoms with Crippen LogP contribution in [0.15, 0.2) is 0 Å². The van der Waals surface area contributed by atoms with E-state index >= 15 is 0 Å². The number of amides is 1. The second-order valence-electron chi connectivity index (χ2n) is 6.31. The van der Waals surface area contributed by atoms with Gasteiger partial charge in [-0.05, 0) is 19.3 Å². The number of rotatable bonds is 15. The van der Waals surface area contributed by atoms with Crippen LogP contribution in [-0.4, -0.2) is 23.9 Å². The lowest BCUT2D eigenvalue weighted by atomic mass is 10.1. The number of carbonyl (C=O) groups excluding carboxylic acids is 1. The summed E-state index contributed by atoms with van der Waals surface area (Å²) in [5.41, 5.74) is 0. The Morgan fingerprint density at radius 1 is 0.619 bits per heavy atom. The van der Waals surface area contributed by atoms with Crippen LogP contribution in [0.25, 0.3) is 0 Å². The van der Waals surface area contributed by atoms with E-state index in [0.717, 1.165) is 32.4 Å². The maximum Gasteiger partial charge on any atom is 0.222 e. The minimum Gasteiger partial charge on any atom is -0.343 e. The Kier molecular flexibility index (Phi) is 15.5. The minimum absolute atomic E-state index is 0.399. The summed E-state index contributed by atoms with van der Waals surface area (Å²) in [6.07, 6.45) is 15.7. The molecule has 0 aliphatic rings. The molecule has 0 rings (SSSR count). The Hall–Kier alpha value is -0.530. The summed E-state index contributed by atoms with van der Waals surface area (Å²) >= 11 is 0. The fraction of sp³-hybridized carbons (Fsp3) is 0.947. The molecule has 0 saturated heterocycles. The molecule has 0 aromatic heterocycles. The maximum absolute atomic E-state index is 12.3. The van der Waals surface area contributed by atoms with Crippen LogP contribution < -0.4 is 0 Å². The van der Waals surface area contributed by atoms with Crippen LogP contribution in [0.2, 0.25) is 0 Å². The molecule has 0 aromatic rings. The molecule has 0 radical (unpaired) electrons. The predicted molar refractivity (Wildman–Crippen MR) is 93.6 cm³/mol. The van der Waals surface area contributed by atoms with Gasteiger partial charge in [-0.2, -0.15) is 0 Å². The van der Waals surface area contributed by atoms with E-state index in [1.54, 1.807) is 0 Å². The molecule has 0 aromatic carbocycles. The summed E-state index contributed by atoms with van der Waals surface area (Å²) in [6.45, 7) is 8.63. The topological polar surface area (TPSA) is 20.3 Å². The highest BCUT2D eigenvalue weighted by molar-refractivity contribution is 5.76. The van der Waals surface area contributed by atoms with E-state index in [1.165, 1.54) is 64.2 Å². The van der Waals surface area contributed by atoms with E-state index in [2.05, 4.69) is 25.7 Å². The van der Waals surface area contributed by atoms with Gasteiger partial charge in [0.2, 0.25) is 5.91 Å². The first-order chi connectivity index (χ1) is 10.3. The average molecular weight is 298 g/mol. The number of carbonyl (C=O) groups is 1. The van der Waals surface area contributed by atoms with Crippen molar-refractivity contribution < 1.29 is 4.79 Å². The lowest BCUT2D eigenvalue weighted by Gasteiger charge is -2.22. The summed E-state index contributed by atoms with van der Waals surface area (Å²) in [5.74, 6) is 0.399. The van der Waals surface area contributed by atoms with Gasteiger partial charge in [0.1, 0.15) is 0 Å². The van der Waals surface area contributed by atoms with E-state index in [4.69, 9.17) is 0 Å². The fourth-order valence-electron chi connectivity index (χ4n) is 2.65. The summed E-state index contributed by atoms with van der Waals surface area (Å²) in [7, 11) is 0.